The highest BCUT2D eigenvalue weighted by Gasteiger charge is 2.41. The van der Waals surface area contributed by atoms with E-state index >= 15 is 0 Å². The second-order valence-electron chi connectivity index (χ2n) is 6.10. The van der Waals surface area contributed by atoms with E-state index in [1.54, 1.807) is 0 Å². The van der Waals surface area contributed by atoms with E-state index in [1.165, 1.54) is 0 Å². The fourth-order valence-electron chi connectivity index (χ4n) is 2.82. The van der Waals surface area contributed by atoms with Crippen molar-refractivity contribution < 1.29 is 65.9 Å². The number of hydrogen-bond donors (Lipinski definition) is 4. The van der Waals surface area contributed by atoms with Gasteiger partial charge in [0.05, 0.1) is 33.4 Å². The summed E-state index contributed by atoms with van der Waals surface area (Å²) in [6.07, 6.45) is -11.0. The fraction of sp³-hybridized carbons (Fsp3) is 0.111. The summed E-state index contributed by atoms with van der Waals surface area (Å²) in [6.45, 7) is 0. The molecule has 0 radical (unpaired) electrons. The minimum Gasteiger partial charge on any atom is -0.478 e. The minimum absolute atomic E-state index is 0.00521. The number of aromatic carboxylic acids is 4. The van der Waals surface area contributed by atoms with Gasteiger partial charge >= 0.3 is 36.2 Å². The molecule has 0 aliphatic rings. The Balaban J connectivity index is 3.16. The summed E-state index contributed by atoms with van der Waals surface area (Å²) >= 11 is 0. The first-order valence-electron chi connectivity index (χ1n) is 7.90. The maximum absolute atomic E-state index is 13.6. The molecule has 0 bridgehead atoms. The molecule has 0 aliphatic carbocycles. The molecule has 0 aliphatic heterocycles. The SMILES string of the molecule is O=C(O)c1cc(-c2cc(C(=O)O)c(C(=O)O)cc2C(F)(F)F)c(C(F)(F)F)cc1C(=O)O. The zero-order valence-electron chi connectivity index (χ0n) is 15.0. The molecular formula is C18H8F6O8. The van der Waals surface area contributed by atoms with Crippen molar-refractivity contribution >= 4 is 23.9 Å². The van der Waals surface area contributed by atoms with E-state index in [4.69, 9.17) is 20.4 Å². The molecule has 2 rings (SSSR count). The van der Waals surface area contributed by atoms with E-state index in [2.05, 4.69) is 0 Å². The molecular weight excluding hydrogens is 458 g/mol. The van der Waals surface area contributed by atoms with Crippen LogP contribution in [0.15, 0.2) is 24.3 Å². The van der Waals surface area contributed by atoms with Gasteiger partial charge in [-0.1, -0.05) is 0 Å². The summed E-state index contributed by atoms with van der Waals surface area (Å²) in [5, 5.41) is 36.3. The molecule has 0 amide bonds. The summed E-state index contributed by atoms with van der Waals surface area (Å²) in [5.74, 6) is -8.43. The lowest BCUT2D eigenvalue weighted by Gasteiger charge is -2.20. The molecule has 0 atom stereocenters. The molecule has 0 unspecified atom stereocenters. The number of rotatable bonds is 5. The van der Waals surface area contributed by atoms with Gasteiger partial charge in [-0.25, -0.2) is 19.2 Å². The highest BCUT2D eigenvalue weighted by molar-refractivity contribution is 6.05. The van der Waals surface area contributed by atoms with Crippen LogP contribution in [0.3, 0.4) is 0 Å². The maximum atomic E-state index is 13.6. The first-order chi connectivity index (χ1) is 14.5. The molecule has 2 aromatic rings. The Morgan fingerprint density at radius 1 is 0.500 bits per heavy atom. The van der Waals surface area contributed by atoms with Gasteiger partial charge in [0.15, 0.2) is 0 Å². The molecule has 170 valence electrons. The summed E-state index contributed by atoms with van der Waals surface area (Å²) < 4.78 is 81.4. The monoisotopic (exact) mass is 466 g/mol. The van der Waals surface area contributed by atoms with Gasteiger partial charge in [0.1, 0.15) is 0 Å². The molecule has 14 heteroatoms. The van der Waals surface area contributed by atoms with Crippen LogP contribution in [-0.4, -0.2) is 44.3 Å². The Kier molecular flexibility index (Phi) is 5.94. The summed E-state index contributed by atoms with van der Waals surface area (Å²) in [6, 6.07) is -0.393. The third-order valence-corrected chi connectivity index (χ3v) is 4.14. The Morgan fingerprint density at radius 3 is 0.906 bits per heavy atom. The topological polar surface area (TPSA) is 149 Å². The number of carboxylic acid groups (broad SMARTS) is 4. The predicted octanol–water partition coefficient (Wildman–Crippen LogP) is 4.18. The summed E-state index contributed by atoms with van der Waals surface area (Å²) in [4.78, 5) is 45.0. The minimum atomic E-state index is -5.51. The normalized spacial score (nSPS) is 11.8. The number of alkyl halides is 6. The average molecular weight is 466 g/mol. The maximum Gasteiger partial charge on any atom is 0.417 e. The lowest BCUT2D eigenvalue weighted by Crippen LogP contribution is -2.18. The molecule has 8 nitrogen and oxygen atoms in total. The van der Waals surface area contributed by atoms with E-state index in [1.807, 2.05) is 0 Å². The van der Waals surface area contributed by atoms with Crippen molar-refractivity contribution in [1.29, 1.82) is 0 Å². The number of benzene rings is 2. The molecule has 0 saturated carbocycles. The first-order valence-corrected chi connectivity index (χ1v) is 7.90. The van der Waals surface area contributed by atoms with Gasteiger partial charge in [-0.05, 0) is 35.4 Å². The quantitative estimate of drug-likeness (QED) is 0.480. The summed E-state index contributed by atoms with van der Waals surface area (Å²) in [5.41, 5.74) is -12.4. The van der Waals surface area contributed by atoms with Crippen molar-refractivity contribution in [2.24, 2.45) is 0 Å². The number of halogens is 6. The van der Waals surface area contributed by atoms with Crippen LogP contribution in [0.5, 0.6) is 0 Å². The second-order valence-corrected chi connectivity index (χ2v) is 6.10. The van der Waals surface area contributed by atoms with Crippen molar-refractivity contribution in [2.75, 3.05) is 0 Å². The van der Waals surface area contributed by atoms with Crippen LogP contribution in [0.2, 0.25) is 0 Å². The number of carboxylic acids is 4. The van der Waals surface area contributed by atoms with E-state index < -0.39 is 80.7 Å². The predicted molar refractivity (Wildman–Crippen MR) is 89.7 cm³/mol. The highest BCUT2D eigenvalue weighted by atomic mass is 19.4. The van der Waals surface area contributed by atoms with E-state index in [0.29, 0.717) is 0 Å². The van der Waals surface area contributed by atoms with Gasteiger partial charge < -0.3 is 20.4 Å². The second kappa shape index (κ2) is 7.86. The van der Waals surface area contributed by atoms with Gasteiger partial charge in [-0.2, -0.15) is 26.3 Å². The van der Waals surface area contributed by atoms with Crippen molar-refractivity contribution in [2.45, 2.75) is 12.4 Å². The smallest absolute Gasteiger partial charge is 0.417 e. The zero-order valence-corrected chi connectivity index (χ0v) is 15.0. The number of hydrogen-bond acceptors (Lipinski definition) is 4. The zero-order chi connectivity index (χ0) is 24.8. The van der Waals surface area contributed by atoms with Crippen LogP contribution in [0.1, 0.15) is 52.6 Å². The molecule has 32 heavy (non-hydrogen) atoms. The van der Waals surface area contributed by atoms with Crippen LogP contribution in [-0.2, 0) is 12.4 Å². The molecule has 0 fully saturated rings. The van der Waals surface area contributed by atoms with Crippen LogP contribution in [0.25, 0.3) is 11.1 Å². The average Bonchev–Trinajstić information content (AvgIpc) is 2.63. The largest absolute Gasteiger partial charge is 0.478 e. The molecule has 0 heterocycles. The van der Waals surface area contributed by atoms with Crippen molar-refractivity contribution in [1.82, 2.24) is 0 Å². The van der Waals surface area contributed by atoms with Crippen molar-refractivity contribution in [3.63, 3.8) is 0 Å². The molecule has 2 aromatic carbocycles. The molecule has 0 aromatic heterocycles. The lowest BCUT2D eigenvalue weighted by atomic mass is 9.88. The molecule has 0 saturated heterocycles. The van der Waals surface area contributed by atoms with Gasteiger partial charge in [-0.3, -0.25) is 0 Å². The van der Waals surface area contributed by atoms with Gasteiger partial charge in [0, 0.05) is 0 Å². The summed E-state index contributed by atoms with van der Waals surface area (Å²) in [7, 11) is 0. The van der Waals surface area contributed by atoms with E-state index in [-0.39, 0.29) is 24.3 Å². The van der Waals surface area contributed by atoms with Crippen LogP contribution < -0.4 is 0 Å². The van der Waals surface area contributed by atoms with Crippen LogP contribution in [0, 0.1) is 0 Å². The highest BCUT2D eigenvalue weighted by Crippen LogP contribution is 2.44. The van der Waals surface area contributed by atoms with Crippen molar-refractivity contribution in [3.05, 3.63) is 57.6 Å². The first kappa shape index (κ1) is 24.2. The van der Waals surface area contributed by atoms with Crippen LogP contribution >= 0.6 is 0 Å². The third-order valence-electron chi connectivity index (χ3n) is 4.14. The van der Waals surface area contributed by atoms with Crippen LogP contribution in [0.4, 0.5) is 26.3 Å². The van der Waals surface area contributed by atoms with E-state index in [9.17, 15) is 45.5 Å². The third kappa shape index (κ3) is 4.48. The Labute approximate surface area is 171 Å². The standard InChI is InChI=1S/C18H8F6O8/c19-17(20,21)11-3-9(15(29)30)7(13(25)26)1-5(11)6-2-8(14(27)28)10(16(31)32)4-12(6)18(22,23)24/h1-4H,(H,25,26)(H,27,28)(H,29,30)(H,31,32). The van der Waals surface area contributed by atoms with Gasteiger partial charge in [0.2, 0.25) is 0 Å². The Bertz CT molecular complexity index is 1070. The fourth-order valence-corrected chi connectivity index (χ4v) is 2.82. The Hall–Kier alpha value is -4.10. The Morgan fingerprint density at radius 2 is 0.719 bits per heavy atom. The number of carbonyl (C=O) groups is 4. The van der Waals surface area contributed by atoms with E-state index in [0.717, 1.165) is 0 Å². The van der Waals surface area contributed by atoms with Gasteiger partial charge in [-0.15, -0.1) is 0 Å². The lowest BCUT2D eigenvalue weighted by molar-refractivity contribution is -0.139. The molecule has 4 N–H and O–H groups in total. The van der Waals surface area contributed by atoms with Gasteiger partial charge in [0.25, 0.3) is 0 Å². The van der Waals surface area contributed by atoms with Crippen molar-refractivity contribution in [3.8, 4) is 11.1 Å². The molecule has 0 spiro atoms.